The van der Waals surface area contributed by atoms with E-state index in [0.717, 1.165) is 24.2 Å². The van der Waals surface area contributed by atoms with Gasteiger partial charge in [0.05, 0.1) is 22.3 Å². The van der Waals surface area contributed by atoms with Crippen molar-refractivity contribution in [3.8, 4) is 16.8 Å². The minimum Gasteiger partial charge on any atom is -0.355 e. The molecule has 2 atom stereocenters. The number of unbranched alkanes of at least 4 members (excludes halogenated alkanes) is 2. The number of rotatable bonds is 8. The number of hydrogen-bond acceptors (Lipinski definition) is 3. The Morgan fingerprint density at radius 1 is 0.605 bits per heavy atom. The highest BCUT2D eigenvalue weighted by atomic mass is 32.1. The molecule has 8 aromatic carbocycles. The molecular weight excluding hydrogens is 938 g/mol. The van der Waals surface area contributed by atoms with E-state index in [1.165, 1.54) is 171 Å². The van der Waals surface area contributed by atoms with E-state index in [1.807, 2.05) is 11.3 Å². The summed E-state index contributed by atoms with van der Waals surface area (Å²) in [5, 5.41) is 12.1. The van der Waals surface area contributed by atoms with Gasteiger partial charge in [-0.15, -0.1) is 11.3 Å². The van der Waals surface area contributed by atoms with Crippen molar-refractivity contribution in [2.24, 2.45) is 0 Å². The first kappa shape index (κ1) is 48.1. The average molecular weight is 1010 g/mol. The van der Waals surface area contributed by atoms with Crippen LogP contribution in [0.2, 0.25) is 0 Å². The first-order valence-corrected chi connectivity index (χ1v) is 29.6. The van der Waals surface area contributed by atoms with Crippen LogP contribution in [0.4, 0.5) is 22.7 Å². The standard InChI is InChI=1S/C71H73BN3S/c1-11-12-13-20-43-25-28-47(29-26-43)73-57-42-63-49(50-39-54-55(41-62(50)76-63)69(7,8)34-33-68(54,5)6)38-48(57)51-40-61(75-58-24-17-16-23-53(58)70(9)31-18-19-32-71(70,75)10)64-52-35-44-21-14-15-22-45(44)36-60(52)74-59-30-27-46(67(2,3)4)37-56(59)72-65(51)66(64)74/h14-17,21-30,35-42,73H,11-13,18-20,31-34H2,1-10H3. The molecule has 0 saturated heterocycles. The molecule has 10 aromatic rings. The van der Waals surface area contributed by atoms with Gasteiger partial charge in [0.25, 0.3) is 0 Å². The minimum atomic E-state index is -0.146. The number of aromatic nitrogens is 1. The lowest BCUT2D eigenvalue weighted by molar-refractivity contribution is 0.195. The first-order chi connectivity index (χ1) is 36.5. The fourth-order valence-corrected chi connectivity index (χ4v) is 16.1. The quantitative estimate of drug-likeness (QED) is 0.121. The third-order valence-corrected chi connectivity index (χ3v) is 20.9. The summed E-state index contributed by atoms with van der Waals surface area (Å²) < 4.78 is 5.39. The van der Waals surface area contributed by atoms with Crippen LogP contribution < -0.4 is 21.1 Å². The SMILES string of the molecule is CCCCCc1ccc(Nc2cc3sc4cc5c(cc4c3cc2-c2cc(N3c4ccccc4C4(C)CCCCC34C)c3c4cc6ccccc6cc4n4c3c2[B]c2cc(C(C)(C)C)ccc2-4)C(C)(C)CCC5(C)C)cc1. The highest BCUT2D eigenvalue weighted by molar-refractivity contribution is 7.25. The van der Waals surface area contributed by atoms with Crippen molar-refractivity contribution >= 4 is 105 Å². The van der Waals surface area contributed by atoms with Crippen molar-refractivity contribution in [2.45, 2.75) is 161 Å². The van der Waals surface area contributed by atoms with Gasteiger partial charge in [0.2, 0.25) is 0 Å². The molecule has 1 N–H and O–H groups in total. The van der Waals surface area contributed by atoms with E-state index < -0.39 is 0 Å². The summed E-state index contributed by atoms with van der Waals surface area (Å²) in [4.78, 5) is 2.86. The zero-order valence-electron chi connectivity index (χ0n) is 46.7. The Bertz CT molecular complexity index is 4050. The molecule has 76 heavy (non-hydrogen) atoms. The van der Waals surface area contributed by atoms with Gasteiger partial charge >= 0.3 is 0 Å². The number of fused-ring (bicyclic) bond motifs is 13. The zero-order chi connectivity index (χ0) is 52.3. The van der Waals surface area contributed by atoms with Crippen LogP contribution in [0.15, 0.2) is 133 Å². The number of nitrogens with one attached hydrogen (secondary N) is 1. The fraction of sp³-hybridized carbons (Fsp3) is 0.352. The van der Waals surface area contributed by atoms with E-state index >= 15 is 0 Å². The van der Waals surface area contributed by atoms with Crippen LogP contribution in [0.25, 0.3) is 69.6 Å². The predicted molar refractivity (Wildman–Crippen MR) is 331 cm³/mol. The Hall–Kier alpha value is -6.30. The van der Waals surface area contributed by atoms with Gasteiger partial charge in [-0.1, -0.05) is 160 Å². The highest BCUT2D eigenvalue weighted by Gasteiger charge is 2.58. The van der Waals surface area contributed by atoms with Crippen LogP contribution >= 0.6 is 11.3 Å². The van der Waals surface area contributed by atoms with E-state index in [0.29, 0.717) is 0 Å². The second-order valence-corrected chi connectivity index (χ2v) is 27.5. The smallest absolute Gasteiger partial charge is 0.197 e. The first-order valence-electron chi connectivity index (χ1n) is 28.8. The summed E-state index contributed by atoms with van der Waals surface area (Å²) in [6, 6.07) is 53.1. The van der Waals surface area contributed by atoms with E-state index in [4.69, 9.17) is 0 Å². The third kappa shape index (κ3) is 7.05. The Morgan fingerprint density at radius 2 is 1.30 bits per heavy atom. The molecule has 3 nitrogen and oxygen atoms in total. The van der Waals surface area contributed by atoms with Crippen LogP contribution in [0.1, 0.15) is 155 Å². The van der Waals surface area contributed by atoms with Crippen LogP contribution in [0.3, 0.4) is 0 Å². The van der Waals surface area contributed by atoms with Gasteiger partial charge in [-0.05, 0) is 178 Å². The topological polar surface area (TPSA) is 20.2 Å². The molecule has 2 aliphatic carbocycles. The number of para-hydroxylation sites is 1. The van der Waals surface area contributed by atoms with Gasteiger partial charge in [0, 0.05) is 64.7 Å². The van der Waals surface area contributed by atoms with E-state index in [-0.39, 0.29) is 27.2 Å². The molecule has 14 rings (SSSR count). The molecule has 381 valence electrons. The van der Waals surface area contributed by atoms with Crippen LogP contribution in [0.5, 0.6) is 0 Å². The van der Waals surface area contributed by atoms with Crippen LogP contribution in [0, 0.1) is 0 Å². The number of thiophene rings is 1. The van der Waals surface area contributed by atoms with Crippen molar-refractivity contribution in [3.63, 3.8) is 0 Å². The lowest BCUT2D eigenvalue weighted by Gasteiger charge is -2.50. The van der Waals surface area contributed by atoms with Crippen LogP contribution in [-0.2, 0) is 28.1 Å². The van der Waals surface area contributed by atoms with Crippen molar-refractivity contribution in [3.05, 3.63) is 161 Å². The molecule has 1 fully saturated rings. The van der Waals surface area contributed by atoms with Gasteiger partial charge < -0.3 is 14.8 Å². The summed E-state index contributed by atoms with van der Waals surface area (Å²) in [6.45, 7) is 24.4. The van der Waals surface area contributed by atoms with Crippen molar-refractivity contribution < 1.29 is 0 Å². The molecule has 4 aliphatic rings. The largest absolute Gasteiger partial charge is 0.355 e. The average Bonchev–Trinajstić information content (AvgIpc) is 3.94. The third-order valence-electron chi connectivity index (χ3n) is 19.8. The van der Waals surface area contributed by atoms with Gasteiger partial charge in [-0.25, -0.2) is 0 Å². The molecular formula is C71H73BN3S. The molecule has 5 heteroatoms. The molecule has 2 aliphatic heterocycles. The number of benzene rings is 8. The number of hydrogen-bond donors (Lipinski definition) is 1. The molecule has 2 aromatic heterocycles. The Labute approximate surface area is 456 Å². The maximum absolute atomic E-state index is 4.15. The van der Waals surface area contributed by atoms with E-state index in [2.05, 4.69) is 225 Å². The van der Waals surface area contributed by atoms with Crippen molar-refractivity contribution in [2.75, 3.05) is 10.2 Å². The van der Waals surface area contributed by atoms with Crippen molar-refractivity contribution in [1.82, 2.24) is 4.57 Å². The number of nitrogens with zero attached hydrogens (tertiary/aromatic N) is 2. The molecule has 0 spiro atoms. The molecule has 1 radical (unpaired) electrons. The lowest BCUT2D eigenvalue weighted by Crippen LogP contribution is -2.54. The summed E-state index contributed by atoms with van der Waals surface area (Å²) >= 11 is 1.97. The van der Waals surface area contributed by atoms with Gasteiger partial charge in [0.1, 0.15) is 0 Å². The fourth-order valence-electron chi connectivity index (χ4n) is 15.0. The maximum atomic E-state index is 4.15. The molecule has 0 amide bonds. The Morgan fingerprint density at radius 3 is 2.07 bits per heavy atom. The molecule has 4 heterocycles. The van der Waals surface area contributed by atoms with Gasteiger partial charge in [-0.2, -0.15) is 0 Å². The number of aryl methyl sites for hydroxylation is 1. The second-order valence-electron chi connectivity index (χ2n) is 26.4. The van der Waals surface area contributed by atoms with Gasteiger partial charge in [0.15, 0.2) is 7.28 Å². The maximum Gasteiger partial charge on any atom is 0.197 e. The predicted octanol–water partition coefficient (Wildman–Crippen LogP) is 18.8. The Balaban J connectivity index is 1.12. The summed E-state index contributed by atoms with van der Waals surface area (Å²) in [5.74, 6) is 0. The molecule has 2 unspecified atom stereocenters. The highest BCUT2D eigenvalue weighted by Crippen LogP contribution is 2.62. The minimum absolute atomic E-state index is 0.0113. The normalized spacial score (nSPS) is 20.3. The monoisotopic (exact) mass is 1010 g/mol. The van der Waals surface area contributed by atoms with E-state index in [9.17, 15) is 0 Å². The lowest BCUT2D eigenvalue weighted by atomic mass is 9.58. The summed E-state index contributed by atoms with van der Waals surface area (Å²) in [6.07, 6.45) is 12.0. The zero-order valence-corrected chi connectivity index (χ0v) is 47.5. The van der Waals surface area contributed by atoms with Gasteiger partial charge in [-0.3, -0.25) is 0 Å². The summed E-state index contributed by atoms with van der Waals surface area (Å²) in [7, 11) is 2.57. The summed E-state index contributed by atoms with van der Waals surface area (Å²) in [5.41, 5.74) is 21.2. The van der Waals surface area contributed by atoms with Crippen molar-refractivity contribution in [1.29, 1.82) is 0 Å². The second kappa shape index (κ2) is 16.9. The van der Waals surface area contributed by atoms with Crippen LogP contribution in [-0.4, -0.2) is 17.4 Å². The molecule has 1 saturated carbocycles. The van der Waals surface area contributed by atoms with E-state index in [1.54, 1.807) is 0 Å². The molecule has 0 bridgehead atoms. The Kier molecular flexibility index (Phi) is 10.7. The number of anilines is 4.